The highest BCUT2D eigenvalue weighted by molar-refractivity contribution is 7.89. The first kappa shape index (κ1) is 18.8. The quantitative estimate of drug-likeness (QED) is 0.744. The maximum atomic E-state index is 12.5. The Labute approximate surface area is 153 Å². The Morgan fingerprint density at radius 1 is 1.23 bits per heavy atom. The minimum atomic E-state index is -3.25. The lowest BCUT2D eigenvalue weighted by Gasteiger charge is -2.35. The van der Waals surface area contributed by atoms with Crippen LogP contribution in [0.5, 0.6) is 0 Å². The number of hydrogen-bond donors (Lipinski definition) is 0. The van der Waals surface area contributed by atoms with E-state index in [1.54, 1.807) is 29.6 Å². The van der Waals surface area contributed by atoms with Crippen molar-refractivity contribution in [1.29, 1.82) is 0 Å². The summed E-state index contributed by atoms with van der Waals surface area (Å²) in [6.45, 7) is 7.36. The molecule has 0 bridgehead atoms. The Hall–Kier alpha value is -1.94. The fourth-order valence-corrected chi connectivity index (χ4v) is 4.60. The summed E-state index contributed by atoms with van der Waals surface area (Å²) in [5, 5.41) is 8.29. The molecule has 0 spiro atoms. The molecule has 3 rings (SSSR count). The summed E-state index contributed by atoms with van der Waals surface area (Å²) in [5.74, 6) is 0.0248. The van der Waals surface area contributed by atoms with Crippen LogP contribution in [-0.2, 0) is 28.4 Å². The molecule has 1 fully saturated rings. The minimum Gasteiger partial charge on any atom is -0.340 e. The Kier molecular flexibility index (Phi) is 5.07. The highest BCUT2D eigenvalue weighted by atomic mass is 32.2. The zero-order valence-corrected chi connectivity index (χ0v) is 16.5. The molecule has 0 radical (unpaired) electrons. The lowest BCUT2D eigenvalue weighted by Crippen LogP contribution is -2.52. The van der Waals surface area contributed by atoms with Crippen LogP contribution in [0.15, 0.2) is 6.20 Å². The van der Waals surface area contributed by atoms with E-state index < -0.39 is 15.3 Å². The van der Waals surface area contributed by atoms with Gasteiger partial charge in [-0.15, -0.1) is 0 Å². The summed E-state index contributed by atoms with van der Waals surface area (Å²) in [6, 6.07) is 0. The molecule has 0 saturated carbocycles. The second kappa shape index (κ2) is 6.99. The summed E-state index contributed by atoms with van der Waals surface area (Å²) >= 11 is 0. The lowest BCUT2D eigenvalue weighted by molar-refractivity contribution is -0.132. The maximum Gasteiger partial charge on any atom is 0.224 e. The van der Waals surface area contributed by atoms with Crippen LogP contribution >= 0.6 is 0 Å². The van der Waals surface area contributed by atoms with Gasteiger partial charge in [-0.1, -0.05) is 0 Å². The van der Waals surface area contributed by atoms with E-state index in [0.29, 0.717) is 39.1 Å². The van der Waals surface area contributed by atoms with E-state index in [0.717, 1.165) is 16.7 Å². The summed E-state index contributed by atoms with van der Waals surface area (Å²) in [4.78, 5) is 14.2. The first-order chi connectivity index (χ1) is 12.2. The summed E-state index contributed by atoms with van der Waals surface area (Å²) in [6.07, 6.45) is 2.09. The van der Waals surface area contributed by atoms with Crippen LogP contribution in [0.25, 0.3) is 11.0 Å². The third-order valence-electron chi connectivity index (χ3n) is 4.90. The average Bonchev–Trinajstić information content (AvgIpc) is 3.14. The van der Waals surface area contributed by atoms with Gasteiger partial charge in [0.05, 0.1) is 23.7 Å². The largest absolute Gasteiger partial charge is 0.340 e. The number of aryl methyl sites for hydroxylation is 3. The number of aromatic nitrogens is 4. The third kappa shape index (κ3) is 3.35. The molecule has 1 saturated heterocycles. The monoisotopic (exact) mass is 382 g/mol. The van der Waals surface area contributed by atoms with Crippen LogP contribution in [0, 0.1) is 6.92 Å². The van der Waals surface area contributed by atoms with Crippen molar-refractivity contribution in [2.75, 3.05) is 26.2 Å². The zero-order chi connectivity index (χ0) is 19.1. The number of rotatable bonds is 5. The first-order valence-corrected chi connectivity index (χ1v) is 10.3. The molecule has 1 aliphatic rings. The molecule has 10 heteroatoms. The fourth-order valence-electron chi connectivity index (χ4n) is 3.33. The normalized spacial score (nSPS) is 16.7. The minimum absolute atomic E-state index is 0.0248. The number of fused-ring (bicyclic) bond motifs is 1. The van der Waals surface area contributed by atoms with E-state index in [4.69, 9.17) is 0 Å². The van der Waals surface area contributed by atoms with Gasteiger partial charge in [-0.3, -0.25) is 14.2 Å². The maximum absolute atomic E-state index is 12.5. The molecular formula is C16H26N6O3S. The molecule has 144 valence electrons. The molecule has 0 N–H and O–H groups in total. The van der Waals surface area contributed by atoms with Gasteiger partial charge in [-0.25, -0.2) is 8.42 Å². The van der Waals surface area contributed by atoms with Gasteiger partial charge >= 0.3 is 0 Å². The molecule has 26 heavy (non-hydrogen) atoms. The van der Waals surface area contributed by atoms with Gasteiger partial charge in [0.2, 0.25) is 15.9 Å². The van der Waals surface area contributed by atoms with Gasteiger partial charge in [-0.05, 0) is 20.8 Å². The first-order valence-electron chi connectivity index (χ1n) is 8.83. The van der Waals surface area contributed by atoms with Gasteiger partial charge in [0.1, 0.15) is 11.0 Å². The second-order valence-corrected chi connectivity index (χ2v) is 9.42. The zero-order valence-electron chi connectivity index (χ0n) is 15.7. The van der Waals surface area contributed by atoms with Crippen LogP contribution in [-0.4, -0.2) is 74.5 Å². The molecule has 9 nitrogen and oxygen atoms in total. The average molecular weight is 382 g/mol. The molecule has 0 unspecified atom stereocenters. The van der Waals surface area contributed by atoms with Gasteiger partial charge in [0.25, 0.3) is 0 Å². The number of carbonyl (C=O) groups is 1. The second-order valence-electron chi connectivity index (χ2n) is 6.93. The van der Waals surface area contributed by atoms with Crippen LogP contribution in [0.1, 0.15) is 26.0 Å². The van der Waals surface area contributed by atoms with Crippen molar-refractivity contribution in [3.8, 4) is 0 Å². The van der Waals surface area contributed by atoms with Crippen molar-refractivity contribution < 1.29 is 13.2 Å². The van der Waals surface area contributed by atoms with Crippen LogP contribution < -0.4 is 0 Å². The molecular weight excluding hydrogens is 356 g/mol. The topological polar surface area (TPSA) is 93.3 Å². The van der Waals surface area contributed by atoms with Crippen molar-refractivity contribution in [2.45, 2.75) is 39.0 Å². The third-order valence-corrected chi connectivity index (χ3v) is 7.17. The van der Waals surface area contributed by atoms with E-state index in [2.05, 4.69) is 10.2 Å². The predicted molar refractivity (Wildman–Crippen MR) is 98.1 cm³/mol. The van der Waals surface area contributed by atoms with E-state index in [1.165, 1.54) is 4.31 Å². The van der Waals surface area contributed by atoms with E-state index in [1.807, 2.05) is 18.7 Å². The van der Waals surface area contributed by atoms with E-state index in [-0.39, 0.29) is 5.91 Å². The van der Waals surface area contributed by atoms with Crippen molar-refractivity contribution in [1.82, 2.24) is 28.8 Å². The van der Waals surface area contributed by atoms with Gasteiger partial charge < -0.3 is 4.90 Å². The van der Waals surface area contributed by atoms with Crippen molar-refractivity contribution in [2.24, 2.45) is 7.05 Å². The van der Waals surface area contributed by atoms with Crippen molar-refractivity contribution >= 4 is 27.0 Å². The van der Waals surface area contributed by atoms with Gasteiger partial charge in [-0.2, -0.15) is 14.5 Å². The fraction of sp³-hybridized carbons (Fsp3) is 0.688. The molecule has 2 aromatic heterocycles. The van der Waals surface area contributed by atoms with Gasteiger partial charge in [0, 0.05) is 39.6 Å². The highest BCUT2D eigenvalue weighted by Gasteiger charge is 2.30. The standard InChI is InChI=1S/C16H26N6O3S/c1-12(2)26(24,25)21-9-7-20(8-10-21)15(23)5-6-22-16-13(3)18-19(4)14(16)11-17-22/h11-12H,5-10H2,1-4H3. The predicted octanol–water partition coefficient (Wildman–Crippen LogP) is 0.351. The molecule has 2 aromatic rings. The van der Waals surface area contributed by atoms with E-state index in [9.17, 15) is 13.2 Å². The number of hydrogen-bond acceptors (Lipinski definition) is 5. The molecule has 0 aliphatic carbocycles. The van der Waals surface area contributed by atoms with Crippen LogP contribution in [0.2, 0.25) is 0 Å². The van der Waals surface area contributed by atoms with Crippen LogP contribution in [0.4, 0.5) is 0 Å². The lowest BCUT2D eigenvalue weighted by atomic mass is 10.3. The Bertz CT molecular complexity index is 906. The molecule has 0 atom stereocenters. The summed E-state index contributed by atoms with van der Waals surface area (Å²) in [7, 11) is -1.38. The number of nitrogens with zero attached hydrogens (tertiary/aromatic N) is 6. The molecule has 1 aliphatic heterocycles. The SMILES string of the molecule is Cc1nn(C)c2cnn(CCC(=O)N3CCN(S(=O)(=O)C(C)C)CC3)c12. The summed E-state index contributed by atoms with van der Waals surface area (Å²) < 4.78 is 29.5. The number of piperazine rings is 1. The summed E-state index contributed by atoms with van der Waals surface area (Å²) in [5.41, 5.74) is 2.79. The number of sulfonamides is 1. The van der Waals surface area contributed by atoms with Crippen molar-refractivity contribution in [3.63, 3.8) is 0 Å². The smallest absolute Gasteiger partial charge is 0.224 e. The Morgan fingerprint density at radius 2 is 1.88 bits per heavy atom. The van der Waals surface area contributed by atoms with Crippen LogP contribution in [0.3, 0.4) is 0 Å². The Balaban J connectivity index is 1.58. The van der Waals surface area contributed by atoms with E-state index >= 15 is 0 Å². The highest BCUT2D eigenvalue weighted by Crippen LogP contribution is 2.18. The Morgan fingerprint density at radius 3 is 2.50 bits per heavy atom. The number of amides is 1. The molecule has 1 amide bonds. The van der Waals surface area contributed by atoms with Crippen molar-refractivity contribution in [3.05, 3.63) is 11.9 Å². The molecule has 0 aromatic carbocycles. The number of carbonyl (C=O) groups excluding carboxylic acids is 1. The molecule has 3 heterocycles. The van der Waals surface area contributed by atoms with Gasteiger partial charge in [0.15, 0.2) is 0 Å².